The van der Waals surface area contributed by atoms with E-state index in [1.54, 1.807) is 0 Å². The van der Waals surface area contributed by atoms with Gasteiger partial charge in [-0.3, -0.25) is 0 Å². The standard InChI is InChI=1S/C30H22N2O3/c33-29-27-28(30(34)35-29)32(23-16-8-3-9-17-23)26(22-14-6-2-7-15-22)24-18-10-11-19-25(24)31(27)20-21-12-4-1-5-13-21/h1-19,26H,20H2. The molecule has 0 saturated carbocycles. The first-order chi connectivity index (χ1) is 17.2. The molecule has 0 amide bonds. The van der Waals surface area contributed by atoms with Crippen molar-refractivity contribution in [2.45, 2.75) is 12.6 Å². The second-order valence-electron chi connectivity index (χ2n) is 8.52. The monoisotopic (exact) mass is 458 g/mol. The minimum atomic E-state index is -0.638. The molecule has 4 aromatic carbocycles. The van der Waals surface area contributed by atoms with Gasteiger partial charge >= 0.3 is 11.9 Å². The third-order valence-electron chi connectivity index (χ3n) is 6.42. The van der Waals surface area contributed by atoms with Crippen LogP contribution in [0.1, 0.15) is 22.7 Å². The maximum atomic E-state index is 13.3. The minimum Gasteiger partial charge on any atom is -0.383 e. The van der Waals surface area contributed by atoms with E-state index in [1.807, 2.05) is 119 Å². The molecule has 0 bridgehead atoms. The number of esters is 2. The number of carbonyl (C=O) groups is 2. The zero-order valence-electron chi connectivity index (χ0n) is 18.9. The molecule has 2 aliphatic heterocycles. The SMILES string of the molecule is O=C1OC(=O)C2=C1N(Cc1ccccc1)c1ccccc1C(c1ccccc1)N2c1ccccc1. The summed E-state index contributed by atoms with van der Waals surface area (Å²) in [6, 6.07) is 37.3. The summed E-state index contributed by atoms with van der Waals surface area (Å²) in [4.78, 5) is 30.4. The van der Waals surface area contributed by atoms with Crippen molar-refractivity contribution in [1.29, 1.82) is 0 Å². The number of rotatable bonds is 4. The topological polar surface area (TPSA) is 49.9 Å². The Morgan fingerprint density at radius 1 is 0.629 bits per heavy atom. The van der Waals surface area contributed by atoms with Crippen molar-refractivity contribution < 1.29 is 14.3 Å². The molecule has 2 heterocycles. The Morgan fingerprint density at radius 3 is 1.91 bits per heavy atom. The third kappa shape index (κ3) is 3.58. The maximum Gasteiger partial charge on any atom is 0.365 e. The number of carbonyl (C=O) groups excluding carboxylic acids is 2. The molecule has 0 saturated heterocycles. The van der Waals surface area contributed by atoms with Crippen LogP contribution in [0.4, 0.5) is 11.4 Å². The van der Waals surface area contributed by atoms with Crippen molar-refractivity contribution in [2.75, 3.05) is 9.80 Å². The van der Waals surface area contributed by atoms with E-state index in [1.165, 1.54) is 0 Å². The third-order valence-corrected chi connectivity index (χ3v) is 6.42. The number of hydrogen-bond acceptors (Lipinski definition) is 5. The van der Waals surface area contributed by atoms with Crippen LogP contribution in [0.25, 0.3) is 0 Å². The molecule has 0 radical (unpaired) electrons. The fourth-order valence-electron chi connectivity index (χ4n) is 4.94. The minimum absolute atomic E-state index is 0.252. The van der Waals surface area contributed by atoms with Crippen LogP contribution in [-0.4, -0.2) is 11.9 Å². The highest BCUT2D eigenvalue weighted by atomic mass is 16.6. The van der Waals surface area contributed by atoms with Crippen molar-refractivity contribution in [3.05, 3.63) is 143 Å². The fraction of sp³-hybridized carbons (Fsp3) is 0.0667. The molecule has 35 heavy (non-hydrogen) atoms. The lowest BCUT2D eigenvalue weighted by atomic mass is 9.94. The average molecular weight is 459 g/mol. The Morgan fingerprint density at radius 2 is 1.20 bits per heavy atom. The number of anilines is 2. The van der Waals surface area contributed by atoms with Gasteiger partial charge in [-0.15, -0.1) is 0 Å². The molecule has 0 N–H and O–H groups in total. The van der Waals surface area contributed by atoms with Crippen molar-refractivity contribution in [3.63, 3.8) is 0 Å². The molecule has 4 aromatic rings. The van der Waals surface area contributed by atoms with Crippen LogP contribution < -0.4 is 9.80 Å². The maximum absolute atomic E-state index is 13.3. The molecule has 1 unspecified atom stereocenters. The molecule has 6 rings (SSSR count). The summed E-state index contributed by atoms with van der Waals surface area (Å²) in [6.45, 7) is 0.420. The summed E-state index contributed by atoms with van der Waals surface area (Å²) in [5.41, 5.74) is 5.19. The van der Waals surface area contributed by atoms with Crippen LogP contribution in [0.5, 0.6) is 0 Å². The first-order valence-electron chi connectivity index (χ1n) is 11.5. The van der Waals surface area contributed by atoms with Crippen LogP contribution in [0.3, 0.4) is 0 Å². The van der Waals surface area contributed by atoms with E-state index in [0.717, 1.165) is 28.1 Å². The molecule has 5 nitrogen and oxygen atoms in total. The van der Waals surface area contributed by atoms with E-state index in [9.17, 15) is 9.59 Å². The smallest absolute Gasteiger partial charge is 0.365 e. The van der Waals surface area contributed by atoms with Crippen molar-refractivity contribution in [2.24, 2.45) is 0 Å². The Labute approximate surface area is 203 Å². The van der Waals surface area contributed by atoms with E-state index in [0.29, 0.717) is 6.54 Å². The average Bonchev–Trinajstić information content (AvgIpc) is 3.12. The Kier molecular flexibility index (Phi) is 5.15. The molecule has 0 aromatic heterocycles. The van der Waals surface area contributed by atoms with Gasteiger partial charge in [-0.2, -0.15) is 0 Å². The quantitative estimate of drug-likeness (QED) is 0.294. The predicted molar refractivity (Wildman–Crippen MR) is 134 cm³/mol. The zero-order chi connectivity index (χ0) is 23.8. The highest BCUT2D eigenvalue weighted by Gasteiger charge is 2.46. The molecule has 5 heteroatoms. The fourth-order valence-corrected chi connectivity index (χ4v) is 4.94. The van der Waals surface area contributed by atoms with Crippen molar-refractivity contribution >= 4 is 23.3 Å². The van der Waals surface area contributed by atoms with Crippen LogP contribution in [0.2, 0.25) is 0 Å². The predicted octanol–water partition coefficient (Wildman–Crippen LogP) is 5.60. The highest BCUT2D eigenvalue weighted by molar-refractivity contribution is 6.16. The second-order valence-corrected chi connectivity index (χ2v) is 8.52. The number of ether oxygens (including phenoxy) is 1. The van der Waals surface area contributed by atoms with E-state index in [-0.39, 0.29) is 17.4 Å². The molecular formula is C30H22N2O3. The zero-order valence-corrected chi connectivity index (χ0v) is 18.9. The van der Waals surface area contributed by atoms with Gasteiger partial charge in [0.25, 0.3) is 0 Å². The number of cyclic esters (lactones) is 2. The first-order valence-corrected chi connectivity index (χ1v) is 11.5. The second kappa shape index (κ2) is 8.61. The van der Waals surface area contributed by atoms with E-state index in [4.69, 9.17) is 4.74 Å². The van der Waals surface area contributed by atoms with Gasteiger partial charge in [-0.05, 0) is 29.3 Å². The number of nitrogens with zero attached hydrogens (tertiary/aromatic N) is 2. The summed E-state index contributed by atoms with van der Waals surface area (Å²) in [5, 5.41) is 0. The van der Waals surface area contributed by atoms with E-state index in [2.05, 4.69) is 6.07 Å². The van der Waals surface area contributed by atoms with Gasteiger partial charge in [0.2, 0.25) is 0 Å². The van der Waals surface area contributed by atoms with Gasteiger partial charge < -0.3 is 14.5 Å². The summed E-state index contributed by atoms with van der Waals surface area (Å²) >= 11 is 0. The number of benzene rings is 4. The number of fused-ring (bicyclic) bond motifs is 1. The Bertz CT molecular complexity index is 1430. The first kappa shape index (κ1) is 20.9. The summed E-state index contributed by atoms with van der Waals surface area (Å²) in [5.74, 6) is -1.27. The molecule has 0 fully saturated rings. The lowest BCUT2D eigenvalue weighted by Crippen LogP contribution is -2.31. The largest absolute Gasteiger partial charge is 0.383 e. The van der Waals surface area contributed by atoms with E-state index >= 15 is 0 Å². The van der Waals surface area contributed by atoms with Crippen molar-refractivity contribution in [1.82, 2.24) is 0 Å². The van der Waals surface area contributed by atoms with Gasteiger partial charge in [0.15, 0.2) is 11.4 Å². The van der Waals surface area contributed by atoms with Crippen LogP contribution in [0.15, 0.2) is 127 Å². The molecule has 1 atom stereocenters. The van der Waals surface area contributed by atoms with Gasteiger partial charge in [0.1, 0.15) is 0 Å². The molecule has 0 aliphatic carbocycles. The molecule has 0 spiro atoms. The summed E-state index contributed by atoms with van der Waals surface area (Å²) in [6.07, 6.45) is 0. The van der Waals surface area contributed by atoms with Crippen LogP contribution in [0, 0.1) is 0 Å². The lowest BCUT2D eigenvalue weighted by molar-refractivity contribution is -0.151. The van der Waals surface area contributed by atoms with Gasteiger partial charge in [0.05, 0.1) is 6.04 Å². The highest BCUT2D eigenvalue weighted by Crippen LogP contribution is 2.47. The Hall–Kier alpha value is -4.64. The van der Waals surface area contributed by atoms with Gasteiger partial charge in [-0.25, -0.2) is 9.59 Å². The molecular weight excluding hydrogens is 436 g/mol. The van der Waals surface area contributed by atoms with Crippen LogP contribution >= 0.6 is 0 Å². The lowest BCUT2D eigenvalue weighted by Gasteiger charge is -2.33. The van der Waals surface area contributed by atoms with Gasteiger partial charge in [-0.1, -0.05) is 97.1 Å². The van der Waals surface area contributed by atoms with E-state index < -0.39 is 11.9 Å². The summed E-state index contributed by atoms with van der Waals surface area (Å²) in [7, 11) is 0. The van der Waals surface area contributed by atoms with Crippen LogP contribution in [-0.2, 0) is 20.9 Å². The van der Waals surface area contributed by atoms with Gasteiger partial charge in [0, 0.05) is 23.5 Å². The summed E-state index contributed by atoms with van der Waals surface area (Å²) < 4.78 is 5.25. The molecule has 170 valence electrons. The number of para-hydroxylation sites is 2. The normalized spacial score (nSPS) is 17.1. The number of hydrogen-bond donors (Lipinski definition) is 0. The van der Waals surface area contributed by atoms with Crippen molar-refractivity contribution in [3.8, 4) is 0 Å². The Balaban J connectivity index is 1.67. The molecule has 2 aliphatic rings.